The van der Waals surface area contributed by atoms with Crippen LogP contribution in [0.25, 0.3) is 0 Å². The minimum Gasteiger partial charge on any atom is -0.325 e. The molecule has 0 aromatic rings. The van der Waals surface area contributed by atoms with Gasteiger partial charge in [-0.1, -0.05) is 11.6 Å². The molecule has 0 amide bonds. The van der Waals surface area contributed by atoms with Gasteiger partial charge in [0, 0.05) is 12.3 Å². The van der Waals surface area contributed by atoms with E-state index < -0.39 is 7.37 Å². The first-order chi connectivity index (χ1) is 5.02. The van der Waals surface area contributed by atoms with Crippen LogP contribution in [0.15, 0.2) is 11.6 Å². The second-order valence-corrected chi connectivity index (χ2v) is 5.88. The fourth-order valence-corrected chi connectivity index (χ4v) is 3.81. The largest absolute Gasteiger partial charge is 0.325 e. The lowest BCUT2D eigenvalue weighted by atomic mass is 10.3. The average molecular weight is 174 g/mol. The van der Waals surface area contributed by atoms with E-state index in [0.717, 1.165) is 0 Å². The van der Waals surface area contributed by atoms with Gasteiger partial charge in [0.15, 0.2) is 0 Å². The molecule has 2 nitrogen and oxygen atoms in total. The summed E-state index contributed by atoms with van der Waals surface area (Å²) in [6.45, 7) is 5.85. The molecule has 0 fully saturated rings. The van der Waals surface area contributed by atoms with Crippen LogP contribution in [0.1, 0.15) is 20.8 Å². The average Bonchev–Trinajstić information content (AvgIpc) is 2.08. The van der Waals surface area contributed by atoms with Crippen LogP contribution in [0, 0.1) is 0 Å². The van der Waals surface area contributed by atoms with E-state index in [1.54, 1.807) is 0 Å². The molecule has 0 saturated heterocycles. The van der Waals surface area contributed by atoms with Gasteiger partial charge in [0.25, 0.3) is 0 Å². The van der Waals surface area contributed by atoms with Crippen molar-refractivity contribution in [3.05, 3.63) is 11.6 Å². The molecule has 11 heavy (non-hydrogen) atoms. The molecule has 0 saturated carbocycles. The van der Waals surface area contributed by atoms with Gasteiger partial charge in [-0.05, 0) is 20.8 Å². The second-order valence-electron chi connectivity index (χ2n) is 3.36. The molecular weight excluding hydrogens is 159 g/mol. The predicted molar refractivity (Wildman–Crippen MR) is 47.3 cm³/mol. The van der Waals surface area contributed by atoms with Crippen LogP contribution >= 0.6 is 7.37 Å². The highest BCUT2D eigenvalue weighted by Gasteiger charge is 2.28. The molecule has 0 aromatic heterocycles. The molecule has 0 aromatic carbocycles. The zero-order valence-corrected chi connectivity index (χ0v) is 8.23. The quantitative estimate of drug-likeness (QED) is 0.475. The Morgan fingerprint density at radius 3 is 2.64 bits per heavy atom. The normalized spacial score (nSPS) is 31.1. The first-order valence-electron chi connectivity index (χ1n) is 3.94. The van der Waals surface area contributed by atoms with Crippen LogP contribution in [0.5, 0.6) is 0 Å². The maximum atomic E-state index is 11.8. The molecular formula is C8H15O2P. The van der Waals surface area contributed by atoms with Crippen molar-refractivity contribution in [2.75, 3.05) is 12.3 Å². The van der Waals surface area contributed by atoms with Gasteiger partial charge < -0.3 is 4.52 Å². The predicted octanol–water partition coefficient (Wildman–Crippen LogP) is 2.65. The van der Waals surface area contributed by atoms with Gasteiger partial charge >= 0.3 is 0 Å². The summed E-state index contributed by atoms with van der Waals surface area (Å²) in [5.41, 5.74) is 1.20. The molecule has 64 valence electrons. The van der Waals surface area contributed by atoms with Crippen molar-refractivity contribution in [2.24, 2.45) is 0 Å². The summed E-state index contributed by atoms with van der Waals surface area (Å²) in [4.78, 5) is 0. The fourth-order valence-electron chi connectivity index (χ4n) is 1.27. The fraction of sp³-hybridized carbons (Fsp3) is 0.750. The van der Waals surface area contributed by atoms with E-state index in [4.69, 9.17) is 4.52 Å². The lowest BCUT2D eigenvalue weighted by Crippen LogP contribution is -2.02. The zero-order chi connectivity index (χ0) is 8.48. The summed E-state index contributed by atoms with van der Waals surface area (Å²) in [5.74, 6) is 0. The van der Waals surface area contributed by atoms with E-state index in [0.29, 0.717) is 12.3 Å². The standard InChI is InChI=1S/C8H15O2P/c1-7(2)10-11(9)5-4-8(3)6-11/h4,7H,5-6H2,1-3H3. The molecule has 0 N–H and O–H groups in total. The van der Waals surface area contributed by atoms with Crippen LogP contribution in [0.4, 0.5) is 0 Å². The van der Waals surface area contributed by atoms with E-state index in [1.807, 2.05) is 26.8 Å². The Morgan fingerprint density at radius 2 is 2.27 bits per heavy atom. The summed E-state index contributed by atoms with van der Waals surface area (Å²) in [5, 5.41) is 0. The third-order valence-corrected chi connectivity index (χ3v) is 4.14. The van der Waals surface area contributed by atoms with Crippen LogP contribution in [0.3, 0.4) is 0 Å². The van der Waals surface area contributed by atoms with E-state index >= 15 is 0 Å². The molecule has 0 spiro atoms. The Labute approximate surface area is 68.1 Å². The monoisotopic (exact) mass is 174 g/mol. The van der Waals surface area contributed by atoms with Gasteiger partial charge in [0.05, 0.1) is 6.10 Å². The van der Waals surface area contributed by atoms with Crippen molar-refractivity contribution >= 4 is 7.37 Å². The van der Waals surface area contributed by atoms with E-state index in [2.05, 4.69) is 0 Å². The van der Waals surface area contributed by atoms with Crippen LogP contribution in [-0.4, -0.2) is 18.4 Å². The molecule has 1 heterocycles. The van der Waals surface area contributed by atoms with Crippen molar-refractivity contribution < 1.29 is 9.09 Å². The van der Waals surface area contributed by atoms with Crippen molar-refractivity contribution in [1.82, 2.24) is 0 Å². The van der Waals surface area contributed by atoms with Crippen LogP contribution in [0.2, 0.25) is 0 Å². The van der Waals surface area contributed by atoms with E-state index in [9.17, 15) is 4.57 Å². The first kappa shape index (κ1) is 9.02. The summed E-state index contributed by atoms with van der Waals surface area (Å²) < 4.78 is 17.1. The van der Waals surface area contributed by atoms with Gasteiger partial charge in [-0.15, -0.1) is 0 Å². The zero-order valence-electron chi connectivity index (χ0n) is 7.33. The lowest BCUT2D eigenvalue weighted by molar-refractivity contribution is 0.246. The Morgan fingerprint density at radius 1 is 1.64 bits per heavy atom. The molecule has 0 bridgehead atoms. The number of allylic oxidation sites excluding steroid dienone is 2. The Bertz CT molecular complexity index is 218. The third-order valence-electron chi connectivity index (χ3n) is 1.61. The third kappa shape index (κ3) is 2.46. The summed E-state index contributed by atoms with van der Waals surface area (Å²) in [7, 11) is -2.27. The number of rotatable bonds is 2. The summed E-state index contributed by atoms with van der Waals surface area (Å²) in [6.07, 6.45) is 3.39. The van der Waals surface area contributed by atoms with Crippen molar-refractivity contribution in [3.8, 4) is 0 Å². The van der Waals surface area contributed by atoms with Gasteiger partial charge in [-0.2, -0.15) is 0 Å². The summed E-state index contributed by atoms with van der Waals surface area (Å²) >= 11 is 0. The highest BCUT2D eigenvalue weighted by molar-refractivity contribution is 7.59. The number of hydrogen-bond acceptors (Lipinski definition) is 2. The van der Waals surface area contributed by atoms with Crippen molar-refractivity contribution in [2.45, 2.75) is 26.9 Å². The topological polar surface area (TPSA) is 26.3 Å². The highest BCUT2D eigenvalue weighted by Crippen LogP contribution is 2.53. The molecule has 0 aliphatic carbocycles. The minimum atomic E-state index is -2.27. The van der Waals surface area contributed by atoms with Crippen LogP contribution < -0.4 is 0 Å². The Balaban J connectivity index is 2.53. The van der Waals surface area contributed by atoms with Gasteiger partial charge in [-0.25, -0.2) is 0 Å². The Hall–Kier alpha value is -0.0700. The van der Waals surface area contributed by atoms with Gasteiger partial charge in [0.1, 0.15) is 0 Å². The smallest absolute Gasteiger partial charge is 0.210 e. The van der Waals surface area contributed by atoms with Gasteiger partial charge in [0.2, 0.25) is 7.37 Å². The second kappa shape index (κ2) is 3.12. The minimum absolute atomic E-state index is 0.0835. The first-order valence-corrected chi connectivity index (χ1v) is 5.93. The molecule has 3 heteroatoms. The SMILES string of the molecule is CC1=CCP(=O)(OC(C)C)C1. The number of hydrogen-bond donors (Lipinski definition) is 0. The Kier molecular flexibility index (Phi) is 2.56. The van der Waals surface area contributed by atoms with E-state index in [-0.39, 0.29) is 6.10 Å². The molecule has 0 radical (unpaired) electrons. The maximum absolute atomic E-state index is 11.8. The molecule has 1 aliphatic heterocycles. The van der Waals surface area contributed by atoms with Crippen molar-refractivity contribution in [3.63, 3.8) is 0 Å². The molecule has 1 rings (SSSR count). The van der Waals surface area contributed by atoms with Crippen LogP contribution in [-0.2, 0) is 9.09 Å². The van der Waals surface area contributed by atoms with Gasteiger partial charge in [-0.3, -0.25) is 4.57 Å². The summed E-state index contributed by atoms with van der Waals surface area (Å²) in [6, 6.07) is 0. The molecule has 1 aliphatic rings. The maximum Gasteiger partial charge on any atom is 0.210 e. The van der Waals surface area contributed by atoms with E-state index in [1.165, 1.54) is 5.57 Å². The molecule has 1 atom stereocenters. The molecule has 1 unspecified atom stereocenters. The highest BCUT2D eigenvalue weighted by atomic mass is 31.2. The lowest BCUT2D eigenvalue weighted by Gasteiger charge is -2.15. The van der Waals surface area contributed by atoms with Crippen molar-refractivity contribution in [1.29, 1.82) is 0 Å².